The predicted octanol–water partition coefficient (Wildman–Crippen LogP) is 4.90. The maximum absolute atomic E-state index is 12.1. The summed E-state index contributed by atoms with van der Waals surface area (Å²) in [5.74, 6) is 0.464. The Labute approximate surface area is 150 Å². The fourth-order valence-corrected chi connectivity index (χ4v) is 3.55. The van der Waals surface area contributed by atoms with Gasteiger partial charge in [-0.05, 0) is 37.3 Å². The van der Waals surface area contributed by atoms with Crippen molar-refractivity contribution in [2.45, 2.75) is 6.92 Å². The Bertz CT molecular complexity index is 940. The normalized spacial score (nSPS) is 11.4. The van der Waals surface area contributed by atoms with Crippen molar-refractivity contribution in [2.24, 2.45) is 17.3 Å². The van der Waals surface area contributed by atoms with Crippen molar-refractivity contribution in [2.75, 3.05) is 25.6 Å². The number of esters is 1. The summed E-state index contributed by atoms with van der Waals surface area (Å²) in [6.07, 6.45) is 1.92. The zero-order chi connectivity index (χ0) is 18.0. The van der Waals surface area contributed by atoms with Gasteiger partial charge in [-0.15, -0.1) is 21.6 Å². The fourth-order valence-electron chi connectivity index (χ4n) is 2.53. The first-order valence-electron chi connectivity index (χ1n) is 7.95. The SMILES string of the molecule is CCOC(=O)c1cc2c(N(C)C)ccc(N=Nc3cccn3C)c2s1. The van der Waals surface area contributed by atoms with Gasteiger partial charge in [0.05, 0.1) is 11.3 Å². The van der Waals surface area contributed by atoms with E-state index in [4.69, 9.17) is 4.74 Å². The molecular weight excluding hydrogens is 336 g/mol. The second-order valence-corrected chi connectivity index (χ2v) is 6.80. The number of nitrogens with zero attached hydrogens (tertiary/aromatic N) is 4. The highest BCUT2D eigenvalue weighted by Crippen LogP contribution is 2.40. The lowest BCUT2D eigenvalue weighted by atomic mass is 10.2. The van der Waals surface area contributed by atoms with Crippen LogP contribution in [0.1, 0.15) is 16.6 Å². The van der Waals surface area contributed by atoms with Crippen LogP contribution in [0.15, 0.2) is 46.8 Å². The highest BCUT2D eigenvalue weighted by Gasteiger charge is 2.17. The molecule has 25 heavy (non-hydrogen) atoms. The maximum atomic E-state index is 12.1. The summed E-state index contributed by atoms with van der Waals surface area (Å²) in [7, 11) is 5.87. The van der Waals surface area contributed by atoms with Crippen molar-refractivity contribution in [3.05, 3.63) is 41.4 Å². The number of rotatable bonds is 5. The molecule has 0 saturated carbocycles. The Morgan fingerprint density at radius 3 is 2.72 bits per heavy atom. The number of carbonyl (C=O) groups excluding carboxylic acids is 1. The zero-order valence-corrected chi connectivity index (χ0v) is 15.5. The lowest BCUT2D eigenvalue weighted by Gasteiger charge is -2.14. The first kappa shape index (κ1) is 17.2. The molecule has 0 spiro atoms. The van der Waals surface area contributed by atoms with Crippen LogP contribution in [0.4, 0.5) is 17.2 Å². The molecule has 0 radical (unpaired) electrons. The van der Waals surface area contributed by atoms with Gasteiger partial charge in [-0.25, -0.2) is 4.79 Å². The van der Waals surface area contributed by atoms with E-state index in [-0.39, 0.29) is 5.97 Å². The molecule has 6 nitrogen and oxygen atoms in total. The van der Waals surface area contributed by atoms with Crippen molar-refractivity contribution < 1.29 is 9.53 Å². The summed E-state index contributed by atoms with van der Waals surface area (Å²) >= 11 is 1.38. The van der Waals surface area contributed by atoms with Gasteiger partial charge in [0, 0.05) is 38.4 Å². The number of hydrogen-bond donors (Lipinski definition) is 0. The lowest BCUT2D eigenvalue weighted by Crippen LogP contribution is -2.08. The van der Waals surface area contributed by atoms with E-state index in [9.17, 15) is 4.79 Å². The van der Waals surface area contributed by atoms with E-state index in [1.165, 1.54) is 11.3 Å². The molecule has 2 aromatic heterocycles. The molecule has 0 unspecified atom stereocenters. The van der Waals surface area contributed by atoms with Crippen LogP contribution in [0.5, 0.6) is 0 Å². The van der Waals surface area contributed by atoms with Crippen molar-refractivity contribution in [3.63, 3.8) is 0 Å². The molecule has 0 N–H and O–H groups in total. The summed E-state index contributed by atoms with van der Waals surface area (Å²) in [5.41, 5.74) is 1.77. The molecule has 0 amide bonds. The topological polar surface area (TPSA) is 59.2 Å². The number of ether oxygens (including phenoxy) is 1. The van der Waals surface area contributed by atoms with E-state index in [0.29, 0.717) is 11.5 Å². The molecule has 1 aromatic carbocycles. The monoisotopic (exact) mass is 356 g/mol. The van der Waals surface area contributed by atoms with Gasteiger partial charge in [-0.2, -0.15) is 0 Å². The van der Waals surface area contributed by atoms with E-state index in [0.717, 1.165) is 27.3 Å². The molecule has 0 saturated heterocycles. The first-order valence-corrected chi connectivity index (χ1v) is 8.77. The van der Waals surface area contributed by atoms with E-state index in [1.54, 1.807) is 6.92 Å². The van der Waals surface area contributed by atoms with Crippen LogP contribution in [0.3, 0.4) is 0 Å². The van der Waals surface area contributed by atoms with E-state index < -0.39 is 0 Å². The van der Waals surface area contributed by atoms with Gasteiger partial charge in [0.25, 0.3) is 0 Å². The van der Waals surface area contributed by atoms with Gasteiger partial charge in [0.15, 0.2) is 5.82 Å². The third kappa shape index (κ3) is 3.41. The number of aryl methyl sites for hydroxylation is 1. The zero-order valence-electron chi connectivity index (χ0n) is 14.7. The largest absolute Gasteiger partial charge is 0.462 e. The van der Waals surface area contributed by atoms with Crippen molar-refractivity contribution in [3.8, 4) is 0 Å². The van der Waals surface area contributed by atoms with Crippen LogP contribution >= 0.6 is 11.3 Å². The minimum atomic E-state index is -0.307. The van der Waals surface area contributed by atoms with Gasteiger partial charge >= 0.3 is 5.97 Å². The third-order valence-corrected chi connectivity index (χ3v) is 4.91. The summed E-state index contributed by atoms with van der Waals surface area (Å²) in [5, 5.41) is 9.69. The molecule has 3 aromatic rings. The number of anilines is 1. The molecule has 0 bridgehead atoms. The van der Waals surface area contributed by atoms with Crippen LogP contribution in [0.2, 0.25) is 0 Å². The predicted molar refractivity (Wildman–Crippen MR) is 102 cm³/mol. The number of hydrogen-bond acceptors (Lipinski definition) is 6. The summed E-state index contributed by atoms with van der Waals surface area (Å²) in [6.45, 7) is 2.16. The number of aromatic nitrogens is 1. The van der Waals surface area contributed by atoms with E-state index >= 15 is 0 Å². The molecule has 3 rings (SSSR count). The van der Waals surface area contributed by atoms with Crippen LogP contribution in [-0.4, -0.2) is 31.2 Å². The quantitative estimate of drug-likeness (QED) is 0.483. The van der Waals surface area contributed by atoms with Crippen molar-refractivity contribution >= 4 is 44.6 Å². The molecule has 0 aliphatic rings. The van der Waals surface area contributed by atoms with Crippen molar-refractivity contribution in [1.82, 2.24) is 4.57 Å². The highest BCUT2D eigenvalue weighted by molar-refractivity contribution is 7.21. The van der Waals surface area contributed by atoms with Gasteiger partial charge in [-0.1, -0.05) is 0 Å². The lowest BCUT2D eigenvalue weighted by molar-refractivity contribution is 0.0532. The number of thiophene rings is 1. The van der Waals surface area contributed by atoms with Crippen LogP contribution in [-0.2, 0) is 11.8 Å². The Kier molecular flexibility index (Phi) is 4.85. The second kappa shape index (κ2) is 7.06. The molecule has 0 aliphatic heterocycles. The Morgan fingerprint density at radius 2 is 2.08 bits per heavy atom. The smallest absolute Gasteiger partial charge is 0.348 e. The number of carbonyl (C=O) groups is 1. The fraction of sp³-hybridized carbons (Fsp3) is 0.278. The molecule has 0 aliphatic carbocycles. The van der Waals surface area contributed by atoms with Gasteiger partial charge in [0.1, 0.15) is 10.6 Å². The summed E-state index contributed by atoms with van der Waals surface area (Å²) in [4.78, 5) is 14.7. The number of benzene rings is 1. The molecule has 0 fully saturated rings. The highest BCUT2D eigenvalue weighted by atomic mass is 32.1. The van der Waals surface area contributed by atoms with Gasteiger partial charge in [0.2, 0.25) is 0 Å². The first-order chi connectivity index (χ1) is 12.0. The van der Waals surface area contributed by atoms with E-state index in [1.807, 2.05) is 67.1 Å². The average molecular weight is 356 g/mol. The van der Waals surface area contributed by atoms with E-state index in [2.05, 4.69) is 10.2 Å². The van der Waals surface area contributed by atoms with Gasteiger partial charge < -0.3 is 14.2 Å². The minimum Gasteiger partial charge on any atom is -0.462 e. The Hall–Kier alpha value is -2.67. The van der Waals surface area contributed by atoms with Crippen LogP contribution in [0, 0.1) is 0 Å². The summed E-state index contributed by atoms with van der Waals surface area (Å²) < 4.78 is 7.95. The van der Waals surface area contributed by atoms with Gasteiger partial charge in [-0.3, -0.25) is 0 Å². The summed E-state index contributed by atoms with van der Waals surface area (Å²) in [6, 6.07) is 9.60. The Balaban J connectivity index is 2.09. The average Bonchev–Trinajstić information content (AvgIpc) is 3.19. The molecule has 2 heterocycles. The minimum absolute atomic E-state index is 0.307. The number of fused-ring (bicyclic) bond motifs is 1. The Morgan fingerprint density at radius 1 is 1.28 bits per heavy atom. The van der Waals surface area contributed by atoms with Crippen molar-refractivity contribution in [1.29, 1.82) is 0 Å². The molecular formula is C18H20N4O2S. The maximum Gasteiger partial charge on any atom is 0.348 e. The second-order valence-electron chi connectivity index (χ2n) is 5.75. The third-order valence-electron chi connectivity index (χ3n) is 3.77. The number of azo groups is 1. The standard InChI is InChI=1S/C18H20N4O2S/c1-5-24-18(23)15-11-12-14(21(2)3)9-8-13(17(12)25-15)19-20-16-7-6-10-22(16)4/h6-11H,5H2,1-4H3. The molecule has 130 valence electrons. The van der Waals surface area contributed by atoms with Crippen LogP contribution in [0.25, 0.3) is 10.1 Å². The molecule has 7 heteroatoms. The molecule has 0 atom stereocenters. The van der Waals surface area contributed by atoms with Crippen LogP contribution < -0.4 is 4.90 Å².